The molecule has 3 rings (SSSR count). The van der Waals surface area contributed by atoms with Crippen LogP contribution in [-0.2, 0) is 4.79 Å². The van der Waals surface area contributed by atoms with Gasteiger partial charge in [-0.05, 0) is 49.5 Å². The summed E-state index contributed by atoms with van der Waals surface area (Å²) in [6, 6.07) is 6.21. The van der Waals surface area contributed by atoms with Gasteiger partial charge in [0.05, 0.1) is 5.25 Å². The predicted molar refractivity (Wildman–Crippen MR) is 102 cm³/mol. The Bertz CT molecular complexity index is 766. The Kier molecular flexibility index (Phi) is 6.08. The zero-order valence-electron chi connectivity index (χ0n) is 15.0. The number of halogens is 1. The average molecular weight is 374 g/mol. The number of thioether (sulfide) groups is 1. The lowest BCUT2D eigenvalue weighted by Gasteiger charge is -2.31. The second-order valence-corrected chi connectivity index (χ2v) is 7.96. The third kappa shape index (κ3) is 4.94. The molecule has 2 aromatic rings. The molecular weight excluding hydrogens is 351 g/mol. The predicted octanol–water partition coefficient (Wildman–Crippen LogP) is 3.85. The van der Waals surface area contributed by atoms with Gasteiger partial charge in [-0.3, -0.25) is 9.89 Å². The van der Waals surface area contributed by atoms with Crippen molar-refractivity contribution in [3.63, 3.8) is 0 Å². The van der Waals surface area contributed by atoms with E-state index >= 15 is 0 Å². The number of hydrogen-bond donors (Lipinski definition) is 1. The van der Waals surface area contributed by atoms with Crippen LogP contribution in [0.25, 0.3) is 12.2 Å². The van der Waals surface area contributed by atoms with E-state index in [9.17, 15) is 9.18 Å². The van der Waals surface area contributed by atoms with Gasteiger partial charge in [-0.15, -0.1) is 5.10 Å². The van der Waals surface area contributed by atoms with E-state index in [1.165, 1.54) is 23.9 Å². The molecule has 0 saturated carbocycles. The van der Waals surface area contributed by atoms with Crippen LogP contribution in [0.1, 0.15) is 38.1 Å². The molecule has 5 nitrogen and oxygen atoms in total. The van der Waals surface area contributed by atoms with Crippen LogP contribution in [-0.4, -0.2) is 44.3 Å². The first-order valence-electron chi connectivity index (χ1n) is 8.83. The van der Waals surface area contributed by atoms with Crippen molar-refractivity contribution in [3.05, 3.63) is 41.5 Å². The Morgan fingerprint density at radius 3 is 2.69 bits per heavy atom. The van der Waals surface area contributed by atoms with Crippen LogP contribution < -0.4 is 0 Å². The molecule has 0 radical (unpaired) electrons. The van der Waals surface area contributed by atoms with Gasteiger partial charge in [0, 0.05) is 13.1 Å². The smallest absolute Gasteiger partial charge is 0.235 e. The quantitative estimate of drug-likeness (QED) is 0.808. The fraction of sp³-hybridized carbons (Fsp3) is 0.421. The monoisotopic (exact) mass is 374 g/mol. The summed E-state index contributed by atoms with van der Waals surface area (Å²) in [5.74, 6) is 1.19. The fourth-order valence-corrected chi connectivity index (χ4v) is 3.64. The first kappa shape index (κ1) is 18.6. The standard InChI is InChI=1S/C19H23FN4OS/c1-13-9-11-24(12-10-13)18(25)14(2)26-19-21-17(22-23-19)8-5-15-3-6-16(20)7-4-15/h3-8,13-14H,9-12H2,1-2H3,(H,21,22,23)/b8-5+. The second kappa shape index (κ2) is 8.49. The number of likely N-dealkylation sites (tertiary alicyclic amines) is 1. The van der Waals surface area contributed by atoms with E-state index in [0.29, 0.717) is 16.9 Å². The molecule has 0 spiro atoms. The highest BCUT2D eigenvalue weighted by atomic mass is 32.2. The van der Waals surface area contributed by atoms with Gasteiger partial charge in [-0.2, -0.15) is 0 Å². The maximum absolute atomic E-state index is 12.9. The van der Waals surface area contributed by atoms with E-state index in [1.54, 1.807) is 18.2 Å². The molecule has 138 valence electrons. The van der Waals surface area contributed by atoms with Crippen LogP contribution in [0.2, 0.25) is 0 Å². The molecule has 1 unspecified atom stereocenters. The molecule has 1 saturated heterocycles. The number of aromatic nitrogens is 3. The van der Waals surface area contributed by atoms with Crippen molar-refractivity contribution in [2.75, 3.05) is 13.1 Å². The number of piperidine rings is 1. The molecule has 0 bridgehead atoms. The third-order valence-electron chi connectivity index (χ3n) is 4.51. The van der Waals surface area contributed by atoms with E-state index < -0.39 is 0 Å². The summed E-state index contributed by atoms with van der Waals surface area (Å²) < 4.78 is 12.9. The molecule has 1 N–H and O–H groups in total. The largest absolute Gasteiger partial charge is 0.342 e. The van der Waals surface area contributed by atoms with E-state index in [2.05, 4.69) is 22.1 Å². The van der Waals surface area contributed by atoms with Crippen LogP contribution in [0, 0.1) is 11.7 Å². The molecule has 1 atom stereocenters. The number of carbonyl (C=O) groups excluding carboxylic acids is 1. The van der Waals surface area contributed by atoms with Crippen LogP contribution in [0.15, 0.2) is 29.4 Å². The number of aromatic amines is 1. The maximum atomic E-state index is 12.9. The minimum atomic E-state index is -0.262. The van der Waals surface area contributed by atoms with Crippen LogP contribution >= 0.6 is 11.8 Å². The Morgan fingerprint density at radius 2 is 2.00 bits per heavy atom. The van der Waals surface area contributed by atoms with Gasteiger partial charge >= 0.3 is 0 Å². The van der Waals surface area contributed by atoms with Crippen molar-refractivity contribution in [2.45, 2.75) is 37.1 Å². The summed E-state index contributed by atoms with van der Waals surface area (Å²) in [6.45, 7) is 5.80. The lowest BCUT2D eigenvalue weighted by atomic mass is 9.99. The Labute approximate surface area is 157 Å². The molecule has 1 amide bonds. The summed E-state index contributed by atoms with van der Waals surface area (Å²) in [6.07, 6.45) is 5.75. The highest BCUT2D eigenvalue weighted by Crippen LogP contribution is 2.24. The van der Waals surface area contributed by atoms with E-state index in [1.807, 2.05) is 17.9 Å². The Morgan fingerprint density at radius 1 is 1.31 bits per heavy atom. The maximum Gasteiger partial charge on any atom is 0.235 e. The number of hydrogen-bond acceptors (Lipinski definition) is 4. The summed E-state index contributed by atoms with van der Waals surface area (Å²) in [7, 11) is 0. The number of carbonyl (C=O) groups is 1. The number of amides is 1. The normalized spacial score (nSPS) is 17.0. The van der Waals surface area contributed by atoms with Gasteiger partial charge in [0.25, 0.3) is 0 Å². The minimum Gasteiger partial charge on any atom is -0.342 e. The van der Waals surface area contributed by atoms with E-state index in [4.69, 9.17) is 0 Å². The summed E-state index contributed by atoms with van der Waals surface area (Å²) in [5.41, 5.74) is 0.875. The number of nitrogens with zero attached hydrogens (tertiary/aromatic N) is 3. The van der Waals surface area contributed by atoms with Gasteiger partial charge in [-0.25, -0.2) is 9.37 Å². The molecule has 0 aliphatic carbocycles. The third-order valence-corrected chi connectivity index (χ3v) is 5.46. The number of H-pyrrole nitrogens is 1. The molecular formula is C19H23FN4OS. The van der Waals surface area contributed by atoms with Crippen molar-refractivity contribution in [1.29, 1.82) is 0 Å². The zero-order valence-corrected chi connectivity index (χ0v) is 15.8. The van der Waals surface area contributed by atoms with Gasteiger partial charge in [0.2, 0.25) is 11.1 Å². The van der Waals surface area contributed by atoms with Crippen LogP contribution in [0.5, 0.6) is 0 Å². The molecule has 1 aromatic carbocycles. The lowest BCUT2D eigenvalue weighted by Crippen LogP contribution is -2.41. The average Bonchev–Trinajstić information content (AvgIpc) is 3.08. The number of rotatable bonds is 5. The van der Waals surface area contributed by atoms with Crippen molar-refractivity contribution < 1.29 is 9.18 Å². The molecule has 1 fully saturated rings. The molecule has 1 aliphatic heterocycles. The van der Waals surface area contributed by atoms with Gasteiger partial charge < -0.3 is 4.90 Å². The fourth-order valence-electron chi connectivity index (χ4n) is 2.83. The minimum absolute atomic E-state index is 0.148. The highest BCUT2D eigenvalue weighted by molar-refractivity contribution is 8.00. The van der Waals surface area contributed by atoms with E-state index in [0.717, 1.165) is 31.5 Å². The molecule has 26 heavy (non-hydrogen) atoms. The first-order chi connectivity index (χ1) is 12.5. The lowest BCUT2D eigenvalue weighted by molar-refractivity contribution is -0.131. The molecule has 1 aliphatic rings. The highest BCUT2D eigenvalue weighted by Gasteiger charge is 2.25. The van der Waals surface area contributed by atoms with Crippen molar-refractivity contribution in [3.8, 4) is 0 Å². The second-order valence-electron chi connectivity index (χ2n) is 6.66. The number of nitrogens with one attached hydrogen (secondary N) is 1. The molecule has 2 heterocycles. The topological polar surface area (TPSA) is 61.9 Å². The summed E-state index contributed by atoms with van der Waals surface area (Å²) in [4.78, 5) is 18.9. The summed E-state index contributed by atoms with van der Waals surface area (Å²) in [5, 5.41) is 7.35. The SMILES string of the molecule is CC1CCN(C(=O)C(C)Sc2n[nH]c(/C=C/c3ccc(F)cc3)n2)CC1. The van der Waals surface area contributed by atoms with Crippen LogP contribution in [0.3, 0.4) is 0 Å². The van der Waals surface area contributed by atoms with Crippen molar-refractivity contribution >= 4 is 29.8 Å². The number of benzene rings is 1. The zero-order chi connectivity index (χ0) is 18.5. The van der Waals surface area contributed by atoms with Crippen molar-refractivity contribution in [2.24, 2.45) is 5.92 Å². The summed E-state index contributed by atoms with van der Waals surface area (Å²) >= 11 is 1.36. The van der Waals surface area contributed by atoms with Gasteiger partial charge in [0.15, 0.2) is 0 Å². The van der Waals surface area contributed by atoms with Crippen LogP contribution in [0.4, 0.5) is 4.39 Å². The Balaban J connectivity index is 1.55. The molecule has 1 aromatic heterocycles. The molecule has 7 heteroatoms. The first-order valence-corrected chi connectivity index (χ1v) is 9.70. The Hall–Kier alpha value is -2.15. The van der Waals surface area contributed by atoms with E-state index in [-0.39, 0.29) is 17.0 Å². The van der Waals surface area contributed by atoms with Crippen molar-refractivity contribution in [1.82, 2.24) is 20.1 Å². The van der Waals surface area contributed by atoms with Gasteiger partial charge in [0.1, 0.15) is 11.6 Å². The van der Waals surface area contributed by atoms with Gasteiger partial charge in [-0.1, -0.05) is 36.9 Å².